The van der Waals surface area contributed by atoms with Crippen molar-refractivity contribution in [3.05, 3.63) is 29.6 Å². The molecule has 1 fully saturated rings. The van der Waals surface area contributed by atoms with Crippen LogP contribution in [0.5, 0.6) is 5.75 Å². The van der Waals surface area contributed by atoms with E-state index in [1.807, 2.05) is 20.8 Å². The van der Waals surface area contributed by atoms with Crippen LogP contribution in [0.15, 0.2) is 18.2 Å². The van der Waals surface area contributed by atoms with E-state index in [-0.39, 0.29) is 23.3 Å². The van der Waals surface area contributed by atoms with Crippen LogP contribution < -0.4 is 4.74 Å². The minimum absolute atomic E-state index is 0.156. The molecule has 1 aliphatic heterocycles. The summed E-state index contributed by atoms with van der Waals surface area (Å²) in [6.45, 7) is 6.95. The highest BCUT2D eigenvalue weighted by molar-refractivity contribution is 5.90. The van der Waals surface area contributed by atoms with Gasteiger partial charge in [-0.25, -0.2) is 14.0 Å². The number of rotatable bonds is 4. The van der Waals surface area contributed by atoms with Crippen LogP contribution >= 0.6 is 0 Å². The first-order chi connectivity index (χ1) is 11.7. The number of hydrogen-bond acceptors (Lipinski definition) is 4. The zero-order valence-electron chi connectivity index (χ0n) is 14.8. The fourth-order valence-electron chi connectivity index (χ4n) is 2.61. The molecule has 2 rings (SSSR count). The molecule has 0 bridgehead atoms. The van der Waals surface area contributed by atoms with E-state index in [0.29, 0.717) is 19.7 Å². The number of carbonyl (C=O) groups excluding carboxylic acids is 1. The molecule has 1 N–H and O–H groups in total. The van der Waals surface area contributed by atoms with Crippen molar-refractivity contribution in [1.29, 1.82) is 0 Å². The number of nitrogens with zero attached hydrogens (tertiary/aromatic N) is 1. The Labute approximate surface area is 146 Å². The number of carboxylic acid groups (broad SMARTS) is 1. The number of halogens is 1. The Bertz CT molecular complexity index is 633. The van der Waals surface area contributed by atoms with E-state index >= 15 is 0 Å². The van der Waals surface area contributed by atoms with Gasteiger partial charge in [0, 0.05) is 13.1 Å². The van der Waals surface area contributed by atoms with E-state index in [0.717, 1.165) is 18.9 Å². The Hall–Kier alpha value is -2.31. The smallest absolute Gasteiger partial charge is 0.410 e. The van der Waals surface area contributed by atoms with Gasteiger partial charge in [0.05, 0.1) is 6.61 Å². The lowest BCUT2D eigenvalue weighted by Crippen LogP contribution is -2.42. The van der Waals surface area contributed by atoms with Gasteiger partial charge in [-0.1, -0.05) is 0 Å². The van der Waals surface area contributed by atoms with Crippen molar-refractivity contribution >= 4 is 12.1 Å². The lowest BCUT2D eigenvalue weighted by molar-refractivity contribution is 0.0164. The first-order valence-corrected chi connectivity index (χ1v) is 8.29. The van der Waals surface area contributed by atoms with E-state index in [2.05, 4.69) is 0 Å². The van der Waals surface area contributed by atoms with Crippen LogP contribution in [-0.2, 0) is 4.74 Å². The molecule has 0 atom stereocenters. The molecule has 0 aliphatic carbocycles. The number of carbonyl (C=O) groups is 2. The molecular formula is C18H24FNO5. The predicted octanol–water partition coefficient (Wildman–Crippen LogP) is 3.55. The molecule has 0 spiro atoms. The third kappa shape index (κ3) is 5.62. The molecule has 1 aliphatic rings. The van der Waals surface area contributed by atoms with Gasteiger partial charge in [0.15, 0.2) is 0 Å². The van der Waals surface area contributed by atoms with Crippen molar-refractivity contribution < 1.29 is 28.6 Å². The molecule has 6 nitrogen and oxygen atoms in total. The van der Waals surface area contributed by atoms with Gasteiger partial charge in [-0.05, 0) is 57.7 Å². The van der Waals surface area contributed by atoms with Crippen molar-refractivity contribution in [1.82, 2.24) is 4.90 Å². The maximum absolute atomic E-state index is 13.2. The van der Waals surface area contributed by atoms with Crippen molar-refractivity contribution in [3.63, 3.8) is 0 Å². The van der Waals surface area contributed by atoms with Gasteiger partial charge in [0.25, 0.3) is 0 Å². The Morgan fingerprint density at radius 3 is 2.48 bits per heavy atom. The normalized spacial score (nSPS) is 15.8. The minimum atomic E-state index is -1.23. The molecule has 0 aromatic heterocycles. The number of carboxylic acids is 1. The fourth-order valence-corrected chi connectivity index (χ4v) is 2.61. The zero-order valence-corrected chi connectivity index (χ0v) is 14.8. The summed E-state index contributed by atoms with van der Waals surface area (Å²) >= 11 is 0. The number of hydrogen-bond donors (Lipinski definition) is 1. The van der Waals surface area contributed by atoms with Crippen molar-refractivity contribution in [3.8, 4) is 5.75 Å². The molecule has 0 saturated carbocycles. The molecular weight excluding hydrogens is 329 g/mol. The summed E-state index contributed by atoms with van der Waals surface area (Å²) in [6.07, 6.45) is 1.16. The SMILES string of the molecule is CC(C)(C)OC(=O)N1CCC(COc2ccc(F)cc2C(=O)O)CC1. The van der Waals surface area contributed by atoms with Crippen LogP contribution in [0, 0.1) is 11.7 Å². The molecule has 1 heterocycles. The summed E-state index contributed by atoms with van der Waals surface area (Å²) in [5, 5.41) is 9.11. The molecule has 138 valence electrons. The van der Waals surface area contributed by atoms with Gasteiger partial charge in [-0.2, -0.15) is 0 Å². The Morgan fingerprint density at radius 2 is 1.92 bits per heavy atom. The standard InChI is InChI=1S/C18H24FNO5/c1-18(2,3)25-17(23)20-8-6-12(7-9-20)11-24-15-5-4-13(19)10-14(15)16(21)22/h4-5,10,12H,6-9,11H2,1-3H3,(H,21,22). The van der Waals surface area contributed by atoms with Crippen LogP contribution in [-0.4, -0.2) is 47.4 Å². The van der Waals surface area contributed by atoms with E-state index < -0.39 is 17.4 Å². The highest BCUT2D eigenvalue weighted by atomic mass is 19.1. The highest BCUT2D eigenvalue weighted by Crippen LogP contribution is 2.24. The monoisotopic (exact) mass is 353 g/mol. The number of benzene rings is 1. The second kappa shape index (κ2) is 7.72. The van der Waals surface area contributed by atoms with Crippen molar-refractivity contribution in [2.75, 3.05) is 19.7 Å². The summed E-state index contributed by atoms with van der Waals surface area (Å²) < 4.78 is 24.1. The van der Waals surface area contributed by atoms with Gasteiger partial charge in [0.2, 0.25) is 0 Å². The van der Waals surface area contributed by atoms with E-state index in [9.17, 15) is 14.0 Å². The van der Waals surface area contributed by atoms with Crippen LogP contribution in [0.2, 0.25) is 0 Å². The van der Waals surface area contributed by atoms with E-state index in [1.54, 1.807) is 4.90 Å². The Balaban J connectivity index is 1.85. The third-order valence-corrected chi connectivity index (χ3v) is 3.91. The van der Waals surface area contributed by atoms with Crippen LogP contribution in [0.4, 0.5) is 9.18 Å². The minimum Gasteiger partial charge on any atom is -0.492 e. The molecule has 1 aromatic rings. The molecule has 0 unspecified atom stereocenters. The molecule has 1 aromatic carbocycles. The number of aromatic carboxylic acids is 1. The number of amides is 1. The Morgan fingerprint density at radius 1 is 1.28 bits per heavy atom. The lowest BCUT2D eigenvalue weighted by atomic mass is 9.98. The van der Waals surface area contributed by atoms with Gasteiger partial charge < -0.3 is 19.5 Å². The van der Waals surface area contributed by atoms with Gasteiger partial charge in [-0.3, -0.25) is 0 Å². The summed E-state index contributed by atoms with van der Waals surface area (Å²) in [4.78, 5) is 24.8. The average Bonchev–Trinajstić information content (AvgIpc) is 2.52. The number of piperidine rings is 1. The highest BCUT2D eigenvalue weighted by Gasteiger charge is 2.27. The molecule has 1 amide bonds. The second-order valence-electron chi connectivity index (χ2n) is 7.17. The molecule has 1 saturated heterocycles. The largest absolute Gasteiger partial charge is 0.492 e. The van der Waals surface area contributed by atoms with Crippen molar-refractivity contribution in [2.24, 2.45) is 5.92 Å². The third-order valence-electron chi connectivity index (χ3n) is 3.91. The number of ether oxygens (including phenoxy) is 2. The first-order valence-electron chi connectivity index (χ1n) is 8.29. The van der Waals surface area contributed by atoms with Gasteiger partial charge in [-0.15, -0.1) is 0 Å². The Kier molecular flexibility index (Phi) is 5.87. The number of likely N-dealkylation sites (tertiary alicyclic amines) is 1. The van der Waals surface area contributed by atoms with Crippen LogP contribution in [0.3, 0.4) is 0 Å². The topological polar surface area (TPSA) is 76.1 Å². The predicted molar refractivity (Wildman–Crippen MR) is 89.4 cm³/mol. The first kappa shape index (κ1) is 19.0. The summed E-state index contributed by atoms with van der Waals surface area (Å²) in [5.41, 5.74) is -0.710. The zero-order chi connectivity index (χ0) is 18.6. The van der Waals surface area contributed by atoms with Crippen molar-refractivity contribution in [2.45, 2.75) is 39.2 Å². The molecule has 0 radical (unpaired) electrons. The fraction of sp³-hybridized carbons (Fsp3) is 0.556. The summed E-state index contributed by atoms with van der Waals surface area (Å²) in [7, 11) is 0. The molecule has 25 heavy (non-hydrogen) atoms. The van der Waals surface area contributed by atoms with E-state index in [1.165, 1.54) is 12.1 Å². The maximum Gasteiger partial charge on any atom is 0.410 e. The molecule has 7 heteroatoms. The summed E-state index contributed by atoms with van der Waals surface area (Å²) in [6, 6.07) is 3.45. The van der Waals surface area contributed by atoms with Gasteiger partial charge >= 0.3 is 12.1 Å². The quantitative estimate of drug-likeness (QED) is 0.896. The average molecular weight is 353 g/mol. The maximum atomic E-state index is 13.2. The second-order valence-corrected chi connectivity index (χ2v) is 7.17. The van der Waals surface area contributed by atoms with Crippen LogP contribution in [0.1, 0.15) is 44.0 Å². The lowest BCUT2D eigenvalue weighted by Gasteiger charge is -2.33. The van der Waals surface area contributed by atoms with E-state index in [4.69, 9.17) is 14.6 Å². The summed E-state index contributed by atoms with van der Waals surface area (Å²) in [5.74, 6) is -1.49. The van der Waals surface area contributed by atoms with Gasteiger partial charge in [0.1, 0.15) is 22.7 Å². The van der Waals surface area contributed by atoms with Crippen LogP contribution in [0.25, 0.3) is 0 Å².